The Labute approximate surface area is 266 Å². The normalized spacial score (nSPS) is 15.1. The summed E-state index contributed by atoms with van der Waals surface area (Å²) in [5.41, 5.74) is 11.5. The zero-order valence-electron chi connectivity index (χ0n) is 24.7. The average Bonchev–Trinajstić information content (AvgIpc) is 3.71. The summed E-state index contributed by atoms with van der Waals surface area (Å²) in [7, 11) is 0. The van der Waals surface area contributed by atoms with Crippen LogP contribution in [-0.2, 0) is 6.42 Å². The Hall–Kier alpha value is -5.33. The van der Waals surface area contributed by atoms with Gasteiger partial charge in [-0.25, -0.2) is 4.68 Å². The van der Waals surface area contributed by atoms with Gasteiger partial charge in [-0.05, 0) is 79.1 Å². The van der Waals surface area contributed by atoms with Gasteiger partial charge in [-0.2, -0.15) is 0 Å². The van der Waals surface area contributed by atoms with Crippen LogP contribution in [0, 0.1) is 5.92 Å². The lowest BCUT2D eigenvalue weighted by Crippen LogP contribution is -2.14. The summed E-state index contributed by atoms with van der Waals surface area (Å²) in [6, 6.07) is 43.1. The van der Waals surface area contributed by atoms with Crippen LogP contribution in [-0.4, -0.2) is 19.6 Å². The lowest BCUT2D eigenvalue weighted by molar-refractivity contribution is 0.690. The first-order chi connectivity index (χ1) is 22.2. The largest absolute Gasteiger partial charge is 0.313 e. The minimum Gasteiger partial charge on any atom is -0.313 e. The maximum absolute atomic E-state index is 4.54. The molecule has 216 valence electrons. The molecule has 2 aliphatic rings. The van der Waals surface area contributed by atoms with E-state index in [1.54, 1.807) is 0 Å². The highest BCUT2D eigenvalue weighted by atomic mass is 32.2. The highest BCUT2D eigenvalue weighted by molar-refractivity contribution is 7.99. The molecule has 0 spiro atoms. The van der Waals surface area contributed by atoms with Gasteiger partial charge in [0.25, 0.3) is 0 Å². The molecule has 6 heteroatoms. The smallest absolute Gasteiger partial charge is 0.113 e. The van der Waals surface area contributed by atoms with Crippen LogP contribution in [0.25, 0.3) is 39.6 Å². The number of hydrogen-bond donors (Lipinski definition) is 0. The van der Waals surface area contributed by atoms with Gasteiger partial charge in [0, 0.05) is 43.4 Å². The number of allylic oxidation sites excluding steroid dienone is 1. The van der Waals surface area contributed by atoms with Gasteiger partial charge >= 0.3 is 0 Å². The number of anilines is 3. The molecule has 0 amide bonds. The van der Waals surface area contributed by atoms with Crippen molar-refractivity contribution in [3.63, 3.8) is 0 Å². The quantitative estimate of drug-likeness (QED) is 0.202. The summed E-state index contributed by atoms with van der Waals surface area (Å²) in [4.78, 5) is 4.84. The molecule has 9 rings (SSSR count). The van der Waals surface area contributed by atoms with Crippen molar-refractivity contribution in [1.82, 2.24) is 19.6 Å². The molecule has 1 aliphatic carbocycles. The molecule has 5 aromatic carbocycles. The van der Waals surface area contributed by atoms with E-state index in [1.165, 1.54) is 49.0 Å². The number of para-hydroxylation sites is 3. The van der Waals surface area contributed by atoms with Crippen LogP contribution >= 0.6 is 11.8 Å². The van der Waals surface area contributed by atoms with Crippen molar-refractivity contribution >= 4 is 45.8 Å². The Morgan fingerprint density at radius 3 is 2.09 bits per heavy atom. The van der Waals surface area contributed by atoms with Crippen LogP contribution in [0.4, 0.5) is 17.1 Å². The zero-order chi connectivity index (χ0) is 29.9. The molecule has 0 bridgehead atoms. The topological polar surface area (TPSA) is 38.9 Å². The van der Waals surface area contributed by atoms with E-state index in [4.69, 9.17) is 0 Å². The summed E-state index contributed by atoms with van der Waals surface area (Å²) in [5.74, 6) is 0.523. The SMILES string of the molecule is CC1C=Cc2c(n(-c3ccc(-c4cn(-c5ccc(N6c7ccccc7Sc7ccccc76)cc5)nn4)cc3)c3ccccc23)C1. The fourth-order valence-corrected chi connectivity index (χ4v) is 7.73. The van der Waals surface area contributed by atoms with Crippen LogP contribution in [0.5, 0.6) is 0 Å². The Morgan fingerprint density at radius 2 is 1.33 bits per heavy atom. The average molecular weight is 600 g/mol. The minimum absolute atomic E-state index is 0.523. The van der Waals surface area contributed by atoms with Gasteiger partial charge in [0.1, 0.15) is 5.69 Å². The molecule has 0 saturated carbocycles. The number of aromatic nitrogens is 4. The van der Waals surface area contributed by atoms with Gasteiger partial charge in [0.05, 0.1) is 28.8 Å². The first kappa shape index (κ1) is 26.1. The van der Waals surface area contributed by atoms with E-state index in [0.717, 1.165) is 29.1 Å². The number of nitrogens with zero attached hydrogens (tertiary/aromatic N) is 5. The van der Waals surface area contributed by atoms with Gasteiger partial charge in [-0.3, -0.25) is 0 Å². The van der Waals surface area contributed by atoms with Gasteiger partial charge in [0.2, 0.25) is 0 Å². The van der Waals surface area contributed by atoms with Crippen molar-refractivity contribution in [2.24, 2.45) is 5.92 Å². The molecule has 1 atom stereocenters. The van der Waals surface area contributed by atoms with Crippen LogP contribution < -0.4 is 4.90 Å². The van der Waals surface area contributed by atoms with E-state index in [0.29, 0.717) is 5.92 Å². The van der Waals surface area contributed by atoms with Gasteiger partial charge in [-0.15, -0.1) is 5.10 Å². The third-order valence-electron chi connectivity index (χ3n) is 8.84. The van der Waals surface area contributed by atoms with E-state index in [1.807, 2.05) is 22.6 Å². The van der Waals surface area contributed by atoms with Crippen molar-refractivity contribution in [3.8, 4) is 22.6 Å². The second-order valence-electron chi connectivity index (χ2n) is 11.7. The lowest BCUT2D eigenvalue weighted by atomic mass is 9.95. The molecule has 0 fully saturated rings. The predicted octanol–water partition coefficient (Wildman–Crippen LogP) is 10.0. The Kier molecular flexibility index (Phi) is 6.03. The first-order valence-electron chi connectivity index (χ1n) is 15.3. The Bertz CT molecular complexity index is 2200. The molecule has 3 heterocycles. The molecule has 0 N–H and O–H groups in total. The van der Waals surface area contributed by atoms with Crippen molar-refractivity contribution in [1.29, 1.82) is 0 Å². The third-order valence-corrected chi connectivity index (χ3v) is 9.97. The monoisotopic (exact) mass is 599 g/mol. The van der Waals surface area contributed by atoms with Crippen molar-refractivity contribution in [3.05, 3.63) is 145 Å². The van der Waals surface area contributed by atoms with Gasteiger partial charge < -0.3 is 9.47 Å². The fourth-order valence-electron chi connectivity index (χ4n) is 6.67. The molecule has 45 heavy (non-hydrogen) atoms. The summed E-state index contributed by atoms with van der Waals surface area (Å²) in [6.45, 7) is 2.28. The van der Waals surface area contributed by atoms with Crippen LogP contribution in [0.2, 0.25) is 0 Å². The summed E-state index contributed by atoms with van der Waals surface area (Å²) >= 11 is 1.82. The van der Waals surface area contributed by atoms with Crippen molar-refractivity contribution in [2.75, 3.05) is 4.90 Å². The number of hydrogen-bond acceptors (Lipinski definition) is 4. The van der Waals surface area contributed by atoms with Crippen LogP contribution in [0.15, 0.2) is 143 Å². The molecule has 7 aromatic rings. The standard InChI is InChI=1S/C39H29N5S/c1-26-14-23-32-31-8-2-3-9-34(31)43(37(32)24-26)29-17-15-27(16-18-29)33-25-42(41-40-33)28-19-21-30(22-20-28)44-35-10-4-6-12-38(35)45-39-13-7-5-11-36(39)44/h2-23,25-26H,24H2,1H3. The van der Waals surface area contributed by atoms with Crippen molar-refractivity contribution in [2.45, 2.75) is 23.1 Å². The maximum atomic E-state index is 4.54. The maximum Gasteiger partial charge on any atom is 0.113 e. The lowest BCUT2D eigenvalue weighted by Gasteiger charge is -2.32. The third kappa shape index (κ3) is 4.32. The summed E-state index contributed by atoms with van der Waals surface area (Å²) < 4.78 is 4.27. The molecule has 5 nitrogen and oxygen atoms in total. The molecule has 0 saturated heterocycles. The molecule has 0 radical (unpaired) electrons. The zero-order valence-corrected chi connectivity index (χ0v) is 25.5. The second-order valence-corrected chi connectivity index (χ2v) is 12.8. The number of benzene rings is 5. The van der Waals surface area contributed by atoms with Crippen LogP contribution in [0.1, 0.15) is 18.2 Å². The van der Waals surface area contributed by atoms with Gasteiger partial charge in [0.15, 0.2) is 0 Å². The van der Waals surface area contributed by atoms with E-state index in [-0.39, 0.29) is 0 Å². The summed E-state index contributed by atoms with van der Waals surface area (Å²) in [6.07, 6.45) is 7.66. The molecular weight excluding hydrogens is 571 g/mol. The second kappa shape index (κ2) is 10.4. The number of rotatable bonds is 4. The van der Waals surface area contributed by atoms with E-state index in [9.17, 15) is 0 Å². The predicted molar refractivity (Wildman–Crippen MR) is 184 cm³/mol. The van der Waals surface area contributed by atoms with Gasteiger partial charge in [-0.1, -0.05) is 90.6 Å². The van der Waals surface area contributed by atoms with E-state index in [2.05, 4.69) is 160 Å². The molecule has 2 aromatic heterocycles. The van der Waals surface area contributed by atoms with Crippen molar-refractivity contribution < 1.29 is 0 Å². The Morgan fingerprint density at radius 1 is 0.689 bits per heavy atom. The van der Waals surface area contributed by atoms with E-state index < -0.39 is 0 Å². The fraction of sp³-hybridized carbons (Fsp3) is 0.0769. The molecule has 1 unspecified atom stereocenters. The highest BCUT2D eigenvalue weighted by Gasteiger charge is 2.24. The highest BCUT2D eigenvalue weighted by Crippen LogP contribution is 2.51. The first-order valence-corrected chi connectivity index (χ1v) is 16.1. The molecule has 1 aliphatic heterocycles. The number of fused-ring (bicyclic) bond motifs is 5. The molecular formula is C39H29N5S. The minimum atomic E-state index is 0.523. The Balaban J connectivity index is 1.01. The van der Waals surface area contributed by atoms with Crippen LogP contribution in [0.3, 0.4) is 0 Å². The van der Waals surface area contributed by atoms with E-state index >= 15 is 0 Å². The summed E-state index contributed by atoms with van der Waals surface area (Å²) in [5, 5.41) is 10.3.